The van der Waals surface area contributed by atoms with Gasteiger partial charge in [-0.15, -0.1) is 0 Å². The summed E-state index contributed by atoms with van der Waals surface area (Å²) in [6.07, 6.45) is 19.7. The van der Waals surface area contributed by atoms with Crippen molar-refractivity contribution < 1.29 is 66.7 Å². The van der Waals surface area contributed by atoms with E-state index in [0.717, 1.165) is 111 Å². The minimum Gasteiger partial charge on any atom is -0.494 e. The predicted octanol–water partition coefficient (Wildman–Crippen LogP) is 13.4. The van der Waals surface area contributed by atoms with Crippen molar-refractivity contribution in [2.24, 2.45) is 28.8 Å². The second-order valence-corrected chi connectivity index (χ2v) is 22.5. The normalized spacial score (nSPS) is 18.0. The first-order valence-electron chi connectivity index (χ1n) is 29.8. The van der Waals surface area contributed by atoms with Crippen molar-refractivity contribution in [2.45, 2.75) is 141 Å². The molecule has 5 aromatic rings. The zero-order valence-electron chi connectivity index (χ0n) is 47.8. The number of esters is 6. The van der Waals surface area contributed by atoms with Crippen LogP contribution in [0.5, 0.6) is 34.5 Å². The average molecular weight is 1170 g/mol. The van der Waals surface area contributed by atoms with Crippen LogP contribution >= 0.6 is 11.3 Å². The van der Waals surface area contributed by atoms with Crippen LogP contribution in [-0.4, -0.2) is 79.5 Å². The van der Waals surface area contributed by atoms with Gasteiger partial charge in [-0.05, 0) is 194 Å². The minimum atomic E-state index is -0.460. The first kappa shape index (κ1) is 62.2. The van der Waals surface area contributed by atoms with Gasteiger partial charge in [-0.1, -0.05) is 55.9 Å². The van der Waals surface area contributed by atoms with E-state index in [2.05, 4.69) is 13.2 Å². The lowest BCUT2D eigenvalue weighted by Crippen LogP contribution is -2.32. The summed E-state index contributed by atoms with van der Waals surface area (Å²) < 4.78 is 46.5. The van der Waals surface area contributed by atoms with E-state index in [1.165, 1.54) is 0 Å². The molecule has 0 aliphatic heterocycles. The van der Waals surface area contributed by atoms with Crippen molar-refractivity contribution >= 4 is 68.7 Å². The molecule has 8 rings (SSSR count). The van der Waals surface area contributed by atoms with Gasteiger partial charge in [0.1, 0.15) is 34.5 Å². The van der Waals surface area contributed by atoms with Gasteiger partial charge >= 0.3 is 35.8 Å². The maximum absolute atomic E-state index is 14.0. The molecule has 0 spiro atoms. The molecule has 17 nitrogen and oxygen atoms in total. The Bertz CT molecular complexity index is 2980. The quantitative estimate of drug-likeness (QED) is 0.0105. The van der Waals surface area contributed by atoms with Gasteiger partial charge < -0.3 is 37.9 Å². The van der Waals surface area contributed by atoms with Crippen molar-refractivity contribution in [1.82, 2.24) is 4.98 Å². The Kier molecular flexibility index (Phi) is 24.3. The van der Waals surface area contributed by atoms with E-state index in [9.17, 15) is 28.8 Å². The molecule has 3 aliphatic carbocycles. The Labute approximate surface area is 495 Å². The lowest BCUT2D eigenvalue weighted by molar-refractivity contribution is -0.145. The molecule has 0 atom stereocenters. The summed E-state index contributed by atoms with van der Waals surface area (Å²) in [5.74, 6) is -1.34. The molecule has 0 amide bonds. The highest BCUT2D eigenvalue weighted by molar-refractivity contribution is 7.22. The van der Waals surface area contributed by atoms with Crippen LogP contribution in [0.4, 0.5) is 5.13 Å². The number of anilines is 1. The highest BCUT2D eigenvalue weighted by atomic mass is 32.1. The highest BCUT2D eigenvalue weighted by Gasteiger charge is 2.34. The summed E-state index contributed by atoms with van der Waals surface area (Å²) >= 11 is 1.57. The Morgan fingerprint density at radius 1 is 0.500 bits per heavy atom. The van der Waals surface area contributed by atoms with Gasteiger partial charge in [-0.2, -0.15) is 5.10 Å². The summed E-state index contributed by atoms with van der Waals surface area (Å²) in [5.41, 5.74) is 1.32. The number of hydrogen-bond donors (Lipinski definition) is 0. The minimum absolute atomic E-state index is 0.105. The number of rotatable bonds is 30. The number of carbonyl (C=O) groups is 6. The van der Waals surface area contributed by atoms with Gasteiger partial charge in [0, 0.05) is 17.7 Å². The zero-order chi connectivity index (χ0) is 58.9. The van der Waals surface area contributed by atoms with Crippen molar-refractivity contribution in [3.05, 3.63) is 122 Å². The molecule has 0 N–H and O–H groups in total. The fourth-order valence-corrected chi connectivity index (χ4v) is 11.6. The molecule has 1 aromatic heterocycles. The van der Waals surface area contributed by atoms with E-state index in [4.69, 9.17) is 48.0 Å². The Morgan fingerprint density at radius 3 is 1.40 bits per heavy atom. The molecule has 3 saturated carbocycles. The van der Waals surface area contributed by atoms with Crippen molar-refractivity contribution in [2.75, 3.05) is 31.4 Å². The number of hydrazone groups is 1. The monoisotopic (exact) mass is 1170 g/mol. The van der Waals surface area contributed by atoms with Gasteiger partial charge in [0.15, 0.2) is 0 Å². The summed E-state index contributed by atoms with van der Waals surface area (Å²) in [4.78, 5) is 81.7. The topological polar surface area (TPSA) is 205 Å². The molecule has 0 radical (unpaired) electrons. The largest absolute Gasteiger partial charge is 0.494 e. The van der Waals surface area contributed by atoms with Crippen LogP contribution in [0, 0.1) is 23.7 Å². The lowest BCUT2D eigenvalue weighted by atomic mass is 9.82. The van der Waals surface area contributed by atoms with E-state index in [1.54, 1.807) is 84.3 Å². The van der Waals surface area contributed by atoms with Crippen LogP contribution in [-0.2, 0) is 38.2 Å². The van der Waals surface area contributed by atoms with E-state index in [1.807, 2.05) is 29.3 Å². The highest BCUT2D eigenvalue weighted by Crippen LogP contribution is 2.37. The summed E-state index contributed by atoms with van der Waals surface area (Å²) in [7, 11) is 0. The third-order valence-electron chi connectivity index (χ3n) is 15.4. The lowest BCUT2D eigenvalue weighted by Gasteiger charge is -2.30. The molecule has 0 unspecified atom stereocenters. The number of para-hydroxylation sites is 1. The van der Waals surface area contributed by atoms with E-state index >= 15 is 0 Å². The van der Waals surface area contributed by atoms with Crippen LogP contribution in [0.3, 0.4) is 0 Å². The molecule has 84 heavy (non-hydrogen) atoms. The molecule has 0 bridgehead atoms. The van der Waals surface area contributed by atoms with Crippen LogP contribution < -0.4 is 33.4 Å². The molecule has 0 saturated heterocycles. The summed E-state index contributed by atoms with van der Waals surface area (Å²) in [5, 5.41) is 7.79. The zero-order valence-corrected chi connectivity index (χ0v) is 48.7. The van der Waals surface area contributed by atoms with E-state index in [-0.39, 0.29) is 41.3 Å². The van der Waals surface area contributed by atoms with Gasteiger partial charge in [0.05, 0.1) is 72.6 Å². The molecule has 1 heterocycles. The maximum atomic E-state index is 14.0. The van der Waals surface area contributed by atoms with E-state index < -0.39 is 35.7 Å². The Balaban J connectivity index is 0.835. The third-order valence-corrected chi connectivity index (χ3v) is 16.5. The molecular weight excluding hydrogens is 1090 g/mol. The summed E-state index contributed by atoms with van der Waals surface area (Å²) in [6, 6.07) is 26.9. The van der Waals surface area contributed by atoms with Crippen LogP contribution in [0.15, 0.2) is 121 Å². The molecule has 4 aromatic carbocycles. The number of nitrogens with zero attached hydrogens (tertiary/aromatic N) is 3. The van der Waals surface area contributed by atoms with Crippen molar-refractivity contribution in [1.29, 1.82) is 0 Å². The SMILES string of the molecule is C=CC(=O)OCCCCCCOc1ccc(OC(=O)[C@H]2CC[C@H](C(=O)Oc3ccc(OC(=O)[C@H]4CC[C@H](C(=O)Oc5ccc(OCCCCCCOC(=O)C=C)cc5)CC4)c(/C=N/N(c4nc5ccccc5s4)C4CCCCC4)c3)CC2)cc1. The second-order valence-electron chi connectivity index (χ2n) is 21.5. The van der Waals surface area contributed by atoms with Gasteiger partial charge in [-0.3, -0.25) is 19.2 Å². The fraction of sp³-hybridized carbons (Fsp3) is 0.455. The van der Waals surface area contributed by atoms with Gasteiger partial charge in [-0.25, -0.2) is 19.6 Å². The van der Waals surface area contributed by atoms with Gasteiger partial charge in [0.25, 0.3) is 0 Å². The first-order valence-corrected chi connectivity index (χ1v) is 30.6. The Morgan fingerprint density at radius 2 is 0.929 bits per heavy atom. The number of benzene rings is 4. The van der Waals surface area contributed by atoms with Crippen molar-refractivity contribution in [3.63, 3.8) is 0 Å². The molecule has 446 valence electrons. The number of ether oxygens (including phenoxy) is 8. The number of fused-ring (bicyclic) bond motifs is 1. The van der Waals surface area contributed by atoms with Crippen molar-refractivity contribution in [3.8, 4) is 34.5 Å². The van der Waals surface area contributed by atoms with Crippen LogP contribution in [0.25, 0.3) is 10.2 Å². The molecule has 3 aliphatic rings. The molecule has 3 fully saturated rings. The fourth-order valence-electron chi connectivity index (χ4n) is 10.6. The number of aromatic nitrogens is 1. The van der Waals surface area contributed by atoms with E-state index in [0.29, 0.717) is 106 Å². The molecule has 18 heteroatoms. The van der Waals surface area contributed by atoms with Gasteiger partial charge in [0.2, 0.25) is 5.13 Å². The number of carbonyl (C=O) groups excluding carboxylic acids is 6. The number of thiazole rings is 1. The average Bonchev–Trinajstić information content (AvgIpc) is 4.03. The number of hydrogen-bond acceptors (Lipinski definition) is 18. The third kappa shape index (κ3) is 19.4. The molecular formula is C66H77N3O14S. The standard InChI is InChI=1S/C66H77N3O14S/c1-3-60(70)78-42-16-7-5-14-40-76-52-30-34-54(35-31-52)80-62(72)46-22-24-48(25-23-46)64(74)82-56-38-39-58(50(44-56)45-67-69(51-18-10-9-11-19-51)66-68-57-20-12-13-21-59(57)84-66)83-65(75)49-28-26-47(27-29-49)63(73)81-55-36-32-53(33-37-55)77-41-15-6-8-17-43-79-61(71)4-2/h3-4,12-13,20-21,30-39,44-49,51H,1-2,5-11,14-19,22-29,40-43H2/b67-45+/t46-,47-,48-,49-. The Hall–Kier alpha value is -7.86. The predicted molar refractivity (Wildman–Crippen MR) is 320 cm³/mol. The van der Waals surface area contributed by atoms with Crippen LogP contribution in [0.2, 0.25) is 0 Å². The number of unbranched alkanes of at least 4 members (excludes halogenated alkanes) is 6. The van der Waals surface area contributed by atoms with Crippen LogP contribution in [0.1, 0.15) is 140 Å². The second kappa shape index (κ2) is 32.8. The first-order chi connectivity index (χ1) is 41.0. The smallest absolute Gasteiger partial charge is 0.330 e. The maximum Gasteiger partial charge on any atom is 0.330 e. The summed E-state index contributed by atoms with van der Waals surface area (Å²) in [6.45, 7) is 8.60.